The standard InChI is InChI=1S/C8H8F3IN2O2/c9-8(10,11)16-6-2-14-5(1-13)7(12)4(6)3-15/h2,15H,1,3,13H2. The predicted octanol–water partition coefficient (Wildman–Crippen LogP) is 1.54. The molecule has 0 radical (unpaired) electrons. The van der Waals surface area contributed by atoms with Crippen LogP contribution >= 0.6 is 22.6 Å². The zero-order chi connectivity index (χ0) is 12.3. The maximum absolute atomic E-state index is 12.0. The molecule has 16 heavy (non-hydrogen) atoms. The number of aliphatic hydroxyl groups excluding tert-OH is 1. The molecule has 0 saturated heterocycles. The average Bonchev–Trinajstić information content (AvgIpc) is 2.16. The minimum absolute atomic E-state index is 0.0355. The van der Waals surface area contributed by atoms with Crippen molar-refractivity contribution in [1.82, 2.24) is 4.98 Å². The molecule has 0 bridgehead atoms. The average molecular weight is 348 g/mol. The molecule has 0 spiro atoms. The maximum atomic E-state index is 12.0. The second kappa shape index (κ2) is 5.15. The lowest BCUT2D eigenvalue weighted by molar-refractivity contribution is -0.275. The first-order valence-corrected chi connectivity index (χ1v) is 5.19. The third-order valence-corrected chi connectivity index (χ3v) is 3.00. The molecule has 0 aliphatic heterocycles. The summed E-state index contributed by atoms with van der Waals surface area (Å²) in [6, 6.07) is 0. The Kier molecular flexibility index (Phi) is 4.33. The van der Waals surface area contributed by atoms with Gasteiger partial charge in [0.1, 0.15) is 0 Å². The molecule has 3 N–H and O–H groups in total. The Bertz CT molecular complexity index is 384. The van der Waals surface area contributed by atoms with E-state index in [2.05, 4.69) is 9.72 Å². The van der Waals surface area contributed by atoms with Gasteiger partial charge in [0.2, 0.25) is 0 Å². The Morgan fingerprint density at radius 3 is 2.56 bits per heavy atom. The highest BCUT2D eigenvalue weighted by Gasteiger charge is 2.32. The quantitative estimate of drug-likeness (QED) is 0.814. The first-order valence-electron chi connectivity index (χ1n) is 4.12. The van der Waals surface area contributed by atoms with Crippen molar-refractivity contribution in [3.8, 4) is 5.75 Å². The van der Waals surface area contributed by atoms with Crippen molar-refractivity contribution < 1.29 is 23.0 Å². The first-order chi connectivity index (χ1) is 7.39. The van der Waals surface area contributed by atoms with Crippen LogP contribution < -0.4 is 10.5 Å². The van der Waals surface area contributed by atoms with Gasteiger partial charge in [0, 0.05) is 15.7 Å². The van der Waals surface area contributed by atoms with Gasteiger partial charge >= 0.3 is 6.36 Å². The predicted molar refractivity (Wildman–Crippen MR) is 57.5 cm³/mol. The molecule has 0 amide bonds. The lowest BCUT2D eigenvalue weighted by Gasteiger charge is -2.14. The fourth-order valence-electron chi connectivity index (χ4n) is 1.06. The molecule has 0 fully saturated rings. The summed E-state index contributed by atoms with van der Waals surface area (Å²) >= 11 is 1.77. The highest BCUT2D eigenvalue weighted by Crippen LogP contribution is 2.29. The van der Waals surface area contributed by atoms with Crippen molar-refractivity contribution in [2.75, 3.05) is 0 Å². The van der Waals surface area contributed by atoms with Gasteiger partial charge in [-0.2, -0.15) is 0 Å². The first kappa shape index (κ1) is 13.5. The van der Waals surface area contributed by atoms with Crippen LogP contribution in [0.1, 0.15) is 11.3 Å². The molecule has 0 aromatic carbocycles. The summed E-state index contributed by atoms with van der Waals surface area (Å²) in [6.45, 7) is -0.489. The van der Waals surface area contributed by atoms with E-state index in [-0.39, 0.29) is 12.1 Å². The number of rotatable bonds is 3. The number of halogens is 4. The molecule has 0 aliphatic rings. The zero-order valence-electron chi connectivity index (χ0n) is 7.88. The molecule has 1 rings (SSSR count). The maximum Gasteiger partial charge on any atom is 0.573 e. The Balaban J connectivity index is 3.16. The number of nitrogens with zero attached hydrogens (tertiary/aromatic N) is 1. The van der Waals surface area contributed by atoms with Gasteiger partial charge in [-0.15, -0.1) is 13.2 Å². The van der Waals surface area contributed by atoms with Crippen LogP contribution in [0.15, 0.2) is 6.20 Å². The van der Waals surface area contributed by atoms with E-state index in [4.69, 9.17) is 10.8 Å². The van der Waals surface area contributed by atoms with Gasteiger partial charge in [0.15, 0.2) is 5.75 Å². The second-order valence-corrected chi connectivity index (χ2v) is 3.85. The Morgan fingerprint density at radius 2 is 2.12 bits per heavy atom. The molecule has 0 saturated carbocycles. The molecule has 4 nitrogen and oxygen atoms in total. The van der Waals surface area contributed by atoms with Gasteiger partial charge in [-0.1, -0.05) is 0 Å². The number of hydrogen-bond acceptors (Lipinski definition) is 4. The van der Waals surface area contributed by atoms with E-state index in [0.717, 1.165) is 6.20 Å². The summed E-state index contributed by atoms with van der Waals surface area (Å²) < 4.78 is 40.2. The molecule has 0 atom stereocenters. The topological polar surface area (TPSA) is 68.4 Å². The monoisotopic (exact) mass is 348 g/mol. The molecule has 0 aliphatic carbocycles. The lowest BCUT2D eigenvalue weighted by Crippen LogP contribution is -2.19. The van der Waals surface area contributed by atoms with Crippen molar-refractivity contribution in [3.05, 3.63) is 21.0 Å². The molecule has 0 unspecified atom stereocenters. The van der Waals surface area contributed by atoms with Crippen molar-refractivity contribution in [2.24, 2.45) is 5.73 Å². The summed E-state index contributed by atoms with van der Waals surface area (Å²) in [5.41, 5.74) is 5.79. The number of aromatic nitrogens is 1. The number of nitrogens with two attached hydrogens (primary N) is 1. The molecule has 1 aromatic heterocycles. The fraction of sp³-hybridized carbons (Fsp3) is 0.375. The van der Waals surface area contributed by atoms with Crippen LogP contribution in [0.5, 0.6) is 5.75 Å². The number of ether oxygens (including phenoxy) is 1. The van der Waals surface area contributed by atoms with Gasteiger partial charge in [-0.25, -0.2) is 0 Å². The fourth-order valence-corrected chi connectivity index (χ4v) is 1.85. The lowest BCUT2D eigenvalue weighted by atomic mass is 10.2. The number of pyridine rings is 1. The largest absolute Gasteiger partial charge is 0.573 e. The van der Waals surface area contributed by atoms with Crippen molar-refractivity contribution in [2.45, 2.75) is 19.5 Å². The van der Waals surface area contributed by atoms with Gasteiger partial charge in [0.25, 0.3) is 0 Å². The van der Waals surface area contributed by atoms with Crippen LogP contribution in [0, 0.1) is 3.57 Å². The number of aliphatic hydroxyl groups is 1. The van der Waals surface area contributed by atoms with Gasteiger partial charge in [-0.05, 0) is 22.6 Å². The van der Waals surface area contributed by atoms with E-state index in [1.54, 1.807) is 22.6 Å². The summed E-state index contributed by atoms with van der Waals surface area (Å²) in [4.78, 5) is 3.72. The van der Waals surface area contributed by atoms with E-state index in [1.807, 2.05) is 0 Å². The SMILES string of the molecule is NCc1ncc(OC(F)(F)F)c(CO)c1I. The van der Waals surface area contributed by atoms with Gasteiger partial charge < -0.3 is 15.6 Å². The third-order valence-electron chi connectivity index (χ3n) is 1.73. The Hall–Kier alpha value is -0.610. The molecular formula is C8H8F3IN2O2. The van der Waals surface area contributed by atoms with Crippen molar-refractivity contribution in [1.29, 1.82) is 0 Å². The minimum Gasteiger partial charge on any atom is -0.404 e. The molecule has 8 heteroatoms. The normalized spacial score (nSPS) is 11.6. The van der Waals surface area contributed by atoms with E-state index < -0.39 is 18.7 Å². The van der Waals surface area contributed by atoms with Crippen LogP contribution in [0.25, 0.3) is 0 Å². The van der Waals surface area contributed by atoms with E-state index >= 15 is 0 Å². The van der Waals surface area contributed by atoms with Crippen LogP contribution in [0.3, 0.4) is 0 Å². The number of hydrogen-bond donors (Lipinski definition) is 2. The van der Waals surface area contributed by atoms with Crippen LogP contribution in [0.4, 0.5) is 13.2 Å². The summed E-state index contributed by atoms with van der Waals surface area (Å²) in [6.07, 6.45) is -3.90. The van der Waals surface area contributed by atoms with Crippen molar-refractivity contribution >= 4 is 22.6 Å². The number of alkyl halides is 3. The summed E-state index contributed by atoms with van der Waals surface area (Å²) in [5, 5.41) is 9.00. The van der Waals surface area contributed by atoms with E-state index in [1.165, 1.54) is 0 Å². The van der Waals surface area contributed by atoms with Gasteiger partial charge in [0.05, 0.1) is 18.5 Å². The second-order valence-electron chi connectivity index (χ2n) is 2.77. The van der Waals surface area contributed by atoms with Crippen LogP contribution in [-0.4, -0.2) is 16.5 Å². The molecule has 1 heterocycles. The highest BCUT2D eigenvalue weighted by molar-refractivity contribution is 14.1. The molecule has 90 valence electrons. The van der Waals surface area contributed by atoms with Crippen LogP contribution in [0.2, 0.25) is 0 Å². The van der Waals surface area contributed by atoms with Crippen LogP contribution in [-0.2, 0) is 13.2 Å². The molecular weight excluding hydrogens is 340 g/mol. The van der Waals surface area contributed by atoms with E-state index in [9.17, 15) is 13.2 Å². The van der Waals surface area contributed by atoms with E-state index in [0.29, 0.717) is 9.26 Å². The summed E-state index contributed by atoms with van der Waals surface area (Å²) in [7, 11) is 0. The minimum atomic E-state index is -4.81. The zero-order valence-corrected chi connectivity index (χ0v) is 10.0. The summed E-state index contributed by atoms with van der Waals surface area (Å²) in [5.74, 6) is -0.503. The van der Waals surface area contributed by atoms with Crippen molar-refractivity contribution in [3.63, 3.8) is 0 Å². The Labute approximate surface area is 103 Å². The third kappa shape index (κ3) is 3.19. The molecule has 1 aromatic rings. The van der Waals surface area contributed by atoms with Gasteiger partial charge in [-0.3, -0.25) is 4.98 Å². The Morgan fingerprint density at radius 1 is 1.50 bits per heavy atom. The smallest absolute Gasteiger partial charge is 0.404 e. The highest BCUT2D eigenvalue weighted by atomic mass is 127.